The zero-order chi connectivity index (χ0) is 13.8. The van der Waals surface area contributed by atoms with Gasteiger partial charge in [-0.05, 0) is 19.1 Å². The van der Waals surface area contributed by atoms with E-state index in [1.165, 1.54) is 5.69 Å². The van der Waals surface area contributed by atoms with Gasteiger partial charge in [0.1, 0.15) is 0 Å². The van der Waals surface area contributed by atoms with Gasteiger partial charge in [-0.1, -0.05) is 33.8 Å². The normalized spacial score (nSPS) is 14.9. The topological polar surface area (TPSA) is 28.2 Å². The Labute approximate surface area is 113 Å². The summed E-state index contributed by atoms with van der Waals surface area (Å²) in [7, 11) is 0. The van der Waals surface area contributed by atoms with Gasteiger partial charge in [0, 0.05) is 38.4 Å². The van der Waals surface area contributed by atoms with Crippen molar-refractivity contribution in [3.63, 3.8) is 0 Å². The van der Waals surface area contributed by atoms with Crippen LogP contribution in [0.15, 0.2) is 18.2 Å². The van der Waals surface area contributed by atoms with Crippen LogP contribution in [0.4, 0.5) is 0 Å². The minimum Gasteiger partial charge on any atom is -0.314 e. The fraction of sp³-hybridized carbons (Fsp3) is 0.667. The largest absolute Gasteiger partial charge is 0.314 e. The molecule has 0 aliphatic carbocycles. The van der Waals surface area contributed by atoms with Gasteiger partial charge in [-0.2, -0.15) is 0 Å². The molecule has 1 aromatic rings. The highest BCUT2D eigenvalue weighted by Crippen LogP contribution is 2.03. The Morgan fingerprint density at radius 3 is 2.28 bits per heavy atom. The highest BCUT2D eigenvalue weighted by molar-refractivity contribution is 5.09. The van der Waals surface area contributed by atoms with Crippen molar-refractivity contribution in [3.8, 4) is 0 Å². The van der Waals surface area contributed by atoms with Crippen molar-refractivity contribution >= 4 is 0 Å². The molecule has 2 heterocycles. The van der Waals surface area contributed by atoms with Crippen molar-refractivity contribution in [3.05, 3.63) is 29.6 Å². The third-order valence-electron chi connectivity index (χ3n) is 2.54. The Hall–Kier alpha value is -0.930. The molecule has 0 atom stereocenters. The lowest BCUT2D eigenvalue weighted by Crippen LogP contribution is -2.43. The molecular weight excluding hydrogens is 222 g/mol. The molecule has 1 N–H and O–H groups in total. The molecule has 3 nitrogen and oxygen atoms in total. The second kappa shape index (κ2) is 11.2. The lowest BCUT2D eigenvalue weighted by Gasteiger charge is -2.26. The minimum absolute atomic E-state index is 0.989. The van der Waals surface area contributed by atoms with Crippen LogP contribution in [0.2, 0.25) is 0 Å². The fourth-order valence-electron chi connectivity index (χ4n) is 1.79. The standard InChI is InChI=1S/C11H17N3.2C2H6/c1-10-3-2-4-11(13-10)9-14-7-5-12-6-8-14;2*1-2/h2-4,12H,5-9H2,1H3;2*1-2H3. The van der Waals surface area contributed by atoms with E-state index in [0.29, 0.717) is 0 Å². The molecule has 0 amide bonds. The van der Waals surface area contributed by atoms with Crippen molar-refractivity contribution < 1.29 is 0 Å². The van der Waals surface area contributed by atoms with Gasteiger partial charge in [-0.15, -0.1) is 0 Å². The van der Waals surface area contributed by atoms with Gasteiger partial charge in [0.05, 0.1) is 5.69 Å². The SMILES string of the molecule is CC.CC.Cc1cccc(CN2CCNCC2)n1. The third-order valence-corrected chi connectivity index (χ3v) is 2.54. The van der Waals surface area contributed by atoms with Crippen LogP contribution < -0.4 is 5.32 Å². The van der Waals surface area contributed by atoms with Gasteiger partial charge in [0.25, 0.3) is 0 Å². The molecule has 0 saturated carbocycles. The Kier molecular flexibility index (Phi) is 10.6. The number of aromatic nitrogens is 1. The smallest absolute Gasteiger partial charge is 0.0547 e. The molecule has 0 radical (unpaired) electrons. The van der Waals surface area contributed by atoms with E-state index in [1.54, 1.807) is 0 Å². The summed E-state index contributed by atoms with van der Waals surface area (Å²) in [5.74, 6) is 0. The number of nitrogens with zero attached hydrogens (tertiary/aromatic N) is 2. The highest BCUT2D eigenvalue weighted by Gasteiger charge is 2.09. The van der Waals surface area contributed by atoms with Gasteiger partial charge < -0.3 is 5.32 Å². The zero-order valence-corrected chi connectivity index (χ0v) is 12.7. The van der Waals surface area contributed by atoms with Gasteiger partial charge in [0.15, 0.2) is 0 Å². The van der Waals surface area contributed by atoms with E-state index in [0.717, 1.165) is 38.4 Å². The molecule has 18 heavy (non-hydrogen) atoms. The molecule has 0 bridgehead atoms. The van der Waals surface area contributed by atoms with Crippen LogP contribution in [-0.4, -0.2) is 36.1 Å². The molecule has 0 spiro atoms. The molecule has 1 aliphatic rings. The van der Waals surface area contributed by atoms with E-state index in [4.69, 9.17) is 0 Å². The van der Waals surface area contributed by atoms with E-state index in [2.05, 4.69) is 27.3 Å². The average Bonchev–Trinajstić information content (AvgIpc) is 2.44. The molecule has 1 saturated heterocycles. The summed E-state index contributed by atoms with van der Waals surface area (Å²) < 4.78 is 0. The molecular formula is C15H29N3. The molecule has 0 aromatic carbocycles. The minimum atomic E-state index is 0.989. The number of hydrogen-bond acceptors (Lipinski definition) is 3. The average molecular weight is 251 g/mol. The van der Waals surface area contributed by atoms with Crippen LogP contribution in [0.1, 0.15) is 39.1 Å². The number of pyridine rings is 1. The summed E-state index contributed by atoms with van der Waals surface area (Å²) in [5, 5.41) is 3.35. The van der Waals surface area contributed by atoms with Gasteiger partial charge >= 0.3 is 0 Å². The molecule has 1 aromatic heterocycles. The maximum absolute atomic E-state index is 4.51. The first-order chi connectivity index (χ1) is 8.84. The summed E-state index contributed by atoms with van der Waals surface area (Å²) in [4.78, 5) is 6.95. The van der Waals surface area contributed by atoms with Crippen LogP contribution in [0, 0.1) is 6.92 Å². The fourth-order valence-corrected chi connectivity index (χ4v) is 1.79. The number of hydrogen-bond donors (Lipinski definition) is 1. The first-order valence-corrected chi connectivity index (χ1v) is 7.20. The van der Waals surface area contributed by atoms with Crippen LogP contribution in [0.25, 0.3) is 0 Å². The molecule has 0 unspecified atom stereocenters. The quantitative estimate of drug-likeness (QED) is 0.876. The molecule has 2 rings (SSSR count). The molecule has 3 heteroatoms. The van der Waals surface area contributed by atoms with Crippen molar-refractivity contribution in [2.75, 3.05) is 26.2 Å². The first-order valence-electron chi connectivity index (χ1n) is 7.20. The van der Waals surface area contributed by atoms with Gasteiger partial charge in [-0.3, -0.25) is 9.88 Å². The van der Waals surface area contributed by atoms with Crippen LogP contribution in [0.3, 0.4) is 0 Å². The van der Waals surface area contributed by atoms with Crippen LogP contribution in [-0.2, 0) is 6.54 Å². The number of piperazine rings is 1. The summed E-state index contributed by atoms with van der Waals surface area (Å²) in [5.41, 5.74) is 2.30. The van der Waals surface area contributed by atoms with Crippen molar-refractivity contribution in [2.24, 2.45) is 0 Å². The maximum Gasteiger partial charge on any atom is 0.0547 e. The van der Waals surface area contributed by atoms with E-state index in [-0.39, 0.29) is 0 Å². The van der Waals surface area contributed by atoms with Crippen molar-refractivity contribution in [1.29, 1.82) is 0 Å². The predicted octanol–water partition coefficient (Wildman–Crippen LogP) is 2.85. The third kappa shape index (κ3) is 6.72. The van der Waals surface area contributed by atoms with Crippen LogP contribution >= 0.6 is 0 Å². The monoisotopic (exact) mass is 251 g/mol. The van der Waals surface area contributed by atoms with Crippen LogP contribution in [0.5, 0.6) is 0 Å². The van der Waals surface area contributed by atoms with Crippen molar-refractivity contribution in [1.82, 2.24) is 15.2 Å². The summed E-state index contributed by atoms with van der Waals surface area (Å²) in [6.45, 7) is 15.5. The Morgan fingerprint density at radius 2 is 1.72 bits per heavy atom. The number of rotatable bonds is 2. The molecule has 1 fully saturated rings. The van der Waals surface area contributed by atoms with E-state index >= 15 is 0 Å². The summed E-state index contributed by atoms with van der Waals surface area (Å²) in [6.07, 6.45) is 0. The van der Waals surface area contributed by atoms with E-state index in [9.17, 15) is 0 Å². The van der Waals surface area contributed by atoms with Gasteiger partial charge in [-0.25, -0.2) is 0 Å². The highest BCUT2D eigenvalue weighted by atomic mass is 15.2. The Balaban J connectivity index is 0.000000659. The second-order valence-corrected chi connectivity index (χ2v) is 3.80. The maximum atomic E-state index is 4.51. The van der Waals surface area contributed by atoms with Gasteiger partial charge in [0.2, 0.25) is 0 Å². The summed E-state index contributed by atoms with van der Waals surface area (Å²) >= 11 is 0. The molecule has 1 aliphatic heterocycles. The van der Waals surface area contributed by atoms with Crippen molar-refractivity contribution in [2.45, 2.75) is 41.2 Å². The number of aryl methyl sites for hydroxylation is 1. The summed E-state index contributed by atoms with van der Waals surface area (Å²) in [6, 6.07) is 6.23. The zero-order valence-electron chi connectivity index (χ0n) is 12.7. The van der Waals surface area contributed by atoms with E-state index < -0.39 is 0 Å². The second-order valence-electron chi connectivity index (χ2n) is 3.80. The number of nitrogens with one attached hydrogen (secondary N) is 1. The lowest BCUT2D eigenvalue weighted by molar-refractivity contribution is 0.230. The molecule has 104 valence electrons. The predicted molar refractivity (Wildman–Crippen MR) is 79.8 cm³/mol. The van der Waals surface area contributed by atoms with E-state index in [1.807, 2.05) is 40.7 Å². The Bertz CT molecular complexity index is 294. The lowest BCUT2D eigenvalue weighted by atomic mass is 10.2. The Morgan fingerprint density at radius 1 is 1.11 bits per heavy atom. The first kappa shape index (κ1) is 17.1.